The minimum absolute atomic E-state index is 1.01. The predicted molar refractivity (Wildman–Crippen MR) is 110 cm³/mol. The van der Waals surface area contributed by atoms with E-state index in [2.05, 4.69) is 97.1 Å². The zero-order chi connectivity index (χ0) is 17.3. The third-order valence-electron chi connectivity index (χ3n) is 4.84. The Kier molecular flexibility index (Phi) is 3.50. The van der Waals surface area contributed by atoms with Crippen LogP contribution < -0.4 is 0 Å². The average molecular weight is 331 g/mol. The zero-order valence-corrected chi connectivity index (χ0v) is 14.3. The molecule has 122 valence electrons. The van der Waals surface area contributed by atoms with Gasteiger partial charge < -0.3 is 0 Å². The van der Waals surface area contributed by atoms with E-state index in [-0.39, 0.29) is 0 Å². The molecule has 0 spiro atoms. The van der Waals surface area contributed by atoms with Gasteiger partial charge in [-0.15, -0.1) is 0 Å². The molecule has 1 heteroatoms. The van der Waals surface area contributed by atoms with Crippen molar-refractivity contribution in [1.82, 2.24) is 4.98 Å². The molecule has 1 heterocycles. The fourth-order valence-electron chi connectivity index (χ4n) is 3.45. The highest BCUT2D eigenvalue weighted by Gasteiger charge is 2.05. The van der Waals surface area contributed by atoms with Gasteiger partial charge in [-0.05, 0) is 46.2 Å². The Morgan fingerprint density at radius 3 is 2.00 bits per heavy atom. The smallest absolute Gasteiger partial charge is 0.0709 e. The molecular weight excluding hydrogens is 314 g/mol. The molecule has 0 bridgehead atoms. The van der Waals surface area contributed by atoms with Crippen molar-refractivity contribution in [3.05, 3.63) is 103 Å². The van der Waals surface area contributed by atoms with E-state index in [9.17, 15) is 0 Å². The molecule has 0 amide bonds. The van der Waals surface area contributed by atoms with E-state index in [1.807, 2.05) is 6.07 Å². The summed E-state index contributed by atoms with van der Waals surface area (Å²) in [5, 5.41) is 3.66. The Labute approximate surface area is 152 Å². The summed E-state index contributed by atoms with van der Waals surface area (Å²) in [6.07, 6.45) is 0. The number of benzene rings is 4. The van der Waals surface area contributed by atoms with Crippen LogP contribution in [0.1, 0.15) is 0 Å². The van der Waals surface area contributed by atoms with E-state index < -0.39 is 0 Å². The highest BCUT2D eigenvalue weighted by atomic mass is 14.7. The minimum Gasteiger partial charge on any atom is -0.248 e. The lowest BCUT2D eigenvalue weighted by Gasteiger charge is -2.07. The Bertz CT molecular complexity index is 1220. The molecule has 1 aromatic heterocycles. The number of pyridine rings is 1. The van der Waals surface area contributed by atoms with Gasteiger partial charge in [0.2, 0.25) is 0 Å². The average Bonchev–Trinajstić information content (AvgIpc) is 2.73. The van der Waals surface area contributed by atoms with Crippen LogP contribution in [-0.2, 0) is 0 Å². The molecule has 26 heavy (non-hydrogen) atoms. The third-order valence-corrected chi connectivity index (χ3v) is 4.84. The Hall–Kier alpha value is -3.45. The zero-order valence-electron chi connectivity index (χ0n) is 14.3. The fourth-order valence-corrected chi connectivity index (χ4v) is 3.45. The molecule has 0 atom stereocenters. The first-order chi connectivity index (χ1) is 12.9. The van der Waals surface area contributed by atoms with Crippen LogP contribution in [-0.4, -0.2) is 4.98 Å². The Balaban J connectivity index is 1.59. The quantitative estimate of drug-likeness (QED) is 0.350. The highest BCUT2D eigenvalue weighted by Crippen LogP contribution is 2.27. The van der Waals surface area contributed by atoms with Crippen LogP contribution in [0.2, 0.25) is 0 Å². The van der Waals surface area contributed by atoms with Gasteiger partial charge >= 0.3 is 0 Å². The van der Waals surface area contributed by atoms with E-state index in [0.29, 0.717) is 0 Å². The van der Waals surface area contributed by atoms with Crippen LogP contribution in [0.3, 0.4) is 0 Å². The summed E-state index contributed by atoms with van der Waals surface area (Å²) in [5.41, 5.74) is 5.63. The Morgan fingerprint density at radius 2 is 1.12 bits per heavy atom. The van der Waals surface area contributed by atoms with Gasteiger partial charge in [-0.3, -0.25) is 0 Å². The summed E-state index contributed by atoms with van der Waals surface area (Å²) >= 11 is 0. The molecule has 0 unspecified atom stereocenters. The summed E-state index contributed by atoms with van der Waals surface area (Å²) in [4.78, 5) is 4.89. The highest BCUT2D eigenvalue weighted by molar-refractivity contribution is 5.89. The molecule has 4 aromatic carbocycles. The molecule has 0 N–H and O–H groups in total. The van der Waals surface area contributed by atoms with Crippen molar-refractivity contribution in [2.45, 2.75) is 0 Å². The van der Waals surface area contributed by atoms with Gasteiger partial charge in [0, 0.05) is 10.9 Å². The van der Waals surface area contributed by atoms with Gasteiger partial charge in [0.1, 0.15) is 0 Å². The summed E-state index contributed by atoms with van der Waals surface area (Å²) in [6.45, 7) is 0. The largest absolute Gasteiger partial charge is 0.248 e. The number of hydrogen-bond acceptors (Lipinski definition) is 1. The molecule has 0 saturated carbocycles. The molecule has 5 rings (SSSR count). The maximum atomic E-state index is 4.89. The number of rotatable bonds is 2. The van der Waals surface area contributed by atoms with Gasteiger partial charge in [-0.25, -0.2) is 4.98 Å². The standard InChI is InChI=1S/C25H17N/c1-2-6-18(7-3-1)21-12-14-24-23(17-21)13-15-25(26-24)22-11-10-19-8-4-5-9-20(19)16-22/h1-17H. The lowest BCUT2D eigenvalue weighted by molar-refractivity contribution is 1.40. The molecule has 0 saturated heterocycles. The maximum Gasteiger partial charge on any atom is 0.0709 e. The first-order valence-electron chi connectivity index (χ1n) is 8.82. The van der Waals surface area contributed by atoms with Crippen molar-refractivity contribution in [2.24, 2.45) is 0 Å². The summed E-state index contributed by atoms with van der Waals surface area (Å²) < 4.78 is 0. The maximum absolute atomic E-state index is 4.89. The van der Waals surface area contributed by atoms with Crippen molar-refractivity contribution in [3.63, 3.8) is 0 Å². The second-order valence-corrected chi connectivity index (χ2v) is 6.53. The first-order valence-corrected chi connectivity index (χ1v) is 8.82. The number of fused-ring (bicyclic) bond motifs is 2. The summed E-state index contributed by atoms with van der Waals surface area (Å²) in [7, 11) is 0. The minimum atomic E-state index is 1.01. The van der Waals surface area contributed by atoms with Crippen molar-refractivity contribution in [3.8, 4) is 22.4 Å². The molecule has 0 radical (unpaired) electrons. The fraction of sp³-hybridized carbons (Fsp3) is 0. The van der Waals surface area contributed by atoms with Gasteiger partial charge in [-0.2, -0.15) is 0 Å². The summed E-state index contributed by atoms with van der Waals surface area (Å²) in [6, 6.07) is 36.2. The van der Waals surface area contributed by atoms with Crippen LogP contribution >= 0.6 is 0 Å². The molecule has 0 aliphatic heterocycles. The Morgan fingerprint density at radius 1 is 0.423 bits per heavy atom. The normalized spacial score (nSPS) is 11.1. The van der Waals surface area contributed by atoms with Gasteiger partial charge in [0.25, 0.3) is 0 Å². The molecule has 0 fully saturated rings. The topological polar surface area (TPSA) is 12.9 Å². The SMILES string of the molecule is c1ccc(-c2ccc3nc(-c4ccc5ccccc5c4)ccc3c2)cc1. The predicted octanol–water partition coefficient (Wildman–Crippen LogP) is 6.72. The second-order valence-electron chi connectivity index (χ2n) is 6.53. The molecule has 5 aromatic rings. The van der Waals surface area contributed by atoms with Gasteiger partial charge in [0.15, 0.2) is 0 Å². The van der Waals surface area contributed by atoms with Crippen LogP contribution in [0.4, 0.5) is 0 Å². The third kappa shape index (κ3) is 2.64. The first kappa shape index (κ1) is 14.9. The molecular formula is C25H17N. The van der Waals surface area contributed by atoms with E-state index in [4.69, 9.17) is 4.98 Å². The van der Waals surface area contributed by atoms with Gasteiger partial charge in [-0.1, -0.05) is 78.9 Å². The van der Waals surface area contributed by atoms with Gasteiger partial charge in [0.05, 0.1) is 11.2 Å². The molecule has 0 aliphatic carbocycles. The number of aromatic nitrogens is 1. The van der Waals surface area contributed by atoms with E-state index in [1.165, 1.54) is 21.9 Å². The lowest BCUT2D eigenvalue weighted by Crippen LogP contribution is -1.87. The summed E-state index contributed by atoms with van der Waals surface area (Å²) in [5.74, 6) is 0. The van der Waals surface area contributed by atoms with Crippen molar-refractivity contribution >= 4 is 21.7 Å². The van der Waals surface area contributed by atoms with E-state index in [0.717, 1.165) is 22.2 Å². The van der Waals surface area contributed by atoms with Crippen LogP contribution in [0.25, 0.3) is 44.1 Å². The van der Waals surface area contributed by atoms with E-state index in [1.54, 1.807) is 0 Å². The molecule has 1 nitrogen and oxygen atoms in total. The van der Waals surface area contributed by atoms with Crippen LogP contribution in [0, 0.1) is 0 Å². The van der Waals surface area contributed by atoms with Crippen molar-refractivity contribution in [2.75, 3.05) is 0 Å². The second kappa shape index (κ2) is 6.12. The van der Waals surface area contributed by atoms with Crippen molar-refractivity contribution in [1.29, 1.82) is 0 Å². The van der Waals surface area contributed by atoms with Crippen LogP contribution in [0.5, 0.6) is 0 Å². The number of hydrogen-bond donors (Lipinski definition) is 0. The lowest BCUT2D eigenvalue weighted by atomic mass is 10.0. The molecule has 0 aliphatic rings. The number of nitrogens with zero attached hydrogens (tertiary/aromatic N) is 1. The van der Waals surface area contributed by atoms with Crippen LogP contribution in [0.15, 0.2) is 103 Å². The monoisotopic (exact) mass is 331 g/mol. The van der Waals surface area contributed by atoms with E-state index >= 15 is 0 Å². The van der Waals surface area contributed by atoms with Crippen molar-refractivity contribution < 1.29 is 0 Å².